The van der Waals surface area contributed by atoms with E-state index in [9.17, 15) is 40.3 Å². The molecule has 12 heteroatoms. The summed E-state index contributed by atoms with van der Waals surface area (Å²) in [5.41, 5.74) is -1.72. The first-order chi connectivity index (χ1) is 19.9. The third-order valence-corrected chi connectivity index (χ3v) is 7.57. The second kappa shape index (κ2) is 14.9. The van der Waals surface area contributed by atoms with Crippen LogP contribution in [0.15, 0.2) is 36.4 Å². The molecule has 1 heterocycles. The van der Waals surface area contributed by atoms with Gasteiger partial charge in [-0.3, -0.25) is 4.79 Å². The molecular formula is C31H40F7N3O2. The highest BCUT2D eigenvalue weighted by molar-refractivity contribution is 5.76. The van der Waals surface area contributed by atoms with E-state index in [1.165, 1.54) is 26.1 Å². The Balaban J connectivity index is 0.000000708. The van der Waals surface area contributed by atoms with Gasteiger partial charge in [0.1, 0.15) is 5.82 Å². The molecule has 3 rings (SSSR count). The molecule has 43 heavy (non-hydrogen) atoms. The number of carbonyl (C=O) groups excluding carboxylic acids is 2. The van der Waals surface area contributed by atoms with Gasteiger partial charge in [0.15, 0.2) is 0 Å². The number of aryl methyl sites for hydroxylation is 1. The maximum Gasteiger partial charge on any atom is 0.416 e. The molecule has 0 radical (unpaired) electrons. The van der Waals surface area contributed by atoms with Crippen LogP contribution in [0.5, 0.6) is 0 Å². The van der Waals surface area contributed by atoms with Gasteiger partial charge < -0.3 is 15.1 Å². The number of piperidine rings is 1. The predicted octanol–water partition coefficient (Wildman–Crippen LogP) is 8.68. The SMILES string of the molecule is CCCNC(=O)CC.Cc1cc(F)ccc1C1CC(C)CCN1C(=O)N(C)C(C)c1cc(C(F)(F)F)cc(C(F)(F)F)c1. The Morgan fingerprint density at radius 1 is 1.02 bits per heavy atom. The molecule has 1 fully saturated rings. The molecule has 1 aliphatic heterocycles. The highest BCUT2D eigenvalue weighted by Gasteiger charge is 2.39. The van der Waals surface area contributed by atoms with Gasteiger partial charge in [-0.2, -0.15) is 26.3 Å². The number of halogens is 7. The zero-order valence-corrected chi connectivity index (χ0v) is 25.3. The fourth-order valence-corrected chi connectivity index (χ4v) is 4.88. The number of rotatable bonds is 6. The number of amides is 3. The number of benzene rings is 2. The third-order valence-electron chi connectivity index (χ3n) is 7.57. The van der Waals surface area contributed by atoms with E-state index in [2.05, 4.69) is 5.32 Å². The van der Waals surface area contributed by atoms with Crippen molar-refractivity contribution in [1.82, 2.24) is 15.1 Å². The summed E-state index contributed by atoms with van der Waals surface area (Å²) in [5.74, 6) is 0.00429. The van der Waals surface area contributed by atoms with Crippen LogP contribution >= 0.6 is 0 Å². The molecule has 5 nitrogen and oxygen atoms in total. The molecular weight excluding hydrogens is 579 g/mol. The average Bonchev–Trinajstić information content (AvgIpc) is 2.93. The van der Waals surface area contributed by atoms with Gasteiger partial charge in [-0.15, -0.1) is 0 Å². The zero-order valence-electron chi connectivity index (χ0n) is 25.3. The number of hydrogen-bond acceptors (Lipinski definition) is 2. The van der Waals surface area contributed by atoms with Crippen molar-refractivity contribution >= 4 is 11.9 Å². The average molecular weight is 620 g/mol. The Kier molecular flexibility index (Phi) is 12.5. The van der Waals surface area contributed by atoms with E-state index in [1.807, 2.05) is 20.8 Å². The minimum Gasteiger partial charge on any atom is -0.356 e. The van der Waals surface area contributed by atoms with Crippen LogP contribution in [-0.2, 0) is 17.1 Å². The van der Waals surface area contributed by atoms with Gasteiger partial charge in [0.25, 0.3) is 0 Å². The van der Waals surface area contributed by atoms with Crippen molar-refractivity contribution in [3.05, 3.63) is 70.0 Å². The van der Waals surface area contributed by atoms with Crippen LogP contribution in [0.25, 0.3) is 0 Å². The van der Waals surface area contributed by atoms with Gasteiger partial charge in [-0.05, 0) is 86.1 Å². The van der Waals surface area contributed by atoms with Crippen LogP contribution < -0.4 is 5.32 Å². The summed E-state index contributed by atoms with van der Waals surface area (Å²) < 4.78 is 93.5. The Bertz CT molecular complexity index is 1210. The van der Waals surface area contributed by atoms with Crippen LogP contribution in [0.1, 0.15) is 93.3 Å². The molecule has 1 N–H and O–H groups in total. The van der Waals surface area contributed by atoms with Crippen molar-refractivity contribution in [2.45, 2.75) is 84.7 Å². The second-order valence-electron chi connectivity index (χ2n) is 11.0. The number of carbonyl (C=O) groups is 2. The van der Waals surface area contributed by atoms with Crippen LogP contribution in [0.2, 0.25) is 0 Å². The number of nitrogens with one attached hydrogen (secondary N) is 1. The Labute approximate surface area is 248 Å². The molecule has 3 unspecified atom stereocenters. The largest absolute Gasteiger partial charge is 0.416 e. The first-order valence-electron chi connectivity index (χ1n) is 14.3. The van der Waals surface area contributed by atoms with Gasteiger partial charge in [0.2, 0.25) is 5.91 Å². The summed E-state index contributed by atoms with van der Waals surface area (Å²) in [7, 11) is 1.35. The second-order valence-corrected chi connectivity index (χ2v) is 11.0. The Hall–Kier alpha value is -3.31. The molecule has 0 bridgehead atoms. The van der Waals surface area contributed by atoms with E-state index in [0.29, 0.717) is 43.5 Å². The molecule has 0 aliphatic carbocycles. The number of nitrogens with zero attached hydrogens (tertiary/aromatic N) is 2. The van der Waals surface area contributed by atoms with Crippen molar-refractivity contribution < 1.29 is 40.3 Å². The number of hydrogen-bond donors (Lipinski definition) is 1. The zero-order chi connectivity index (χ0) is 32.7. The number of alkyl halides is 6. The first kappa shape index (κ1) is 35.9. The van der Waals surface area contributed by atoms with Crippen LogP contribution in [0, 0.1) is 18.7 Å². The minimum atomic E-state index is -4.98. The fourth-order valence-electron chi connectivity index (χ4n) is 4.88. The molecule has 3 amide bonds. The van der Waals surface area contributed by atoms with E-state index >= 15 is 0 Å². The lowest BCUT2D eigenvalue weighted by atomic mass is 9.86. The van der Waals surface area contributed by atoms with Gasteiger partial charge in [0, 0.05) is 26.6 Å². The van der Waals surface area contributed by atoms with E-state index in [1.54, 1.807) is 17.9 Å². The van der Waals surface area contributed by atoms with E-state index in [4.69, 9.17) is 0 Å². The summed E-state index contributed by atoms with van der Waals surface area (Å²) in [6.45, 7) is 10.2. The van der Waals surface area contributed by atoms with Crippen molar-refractivity contribution in [1.29, 1.82) is 0 Å². The summed E-state index contributed by atoms with van der Waals surface area (Å²) >= 11 is 0. The van der Waals surface area contributed by atoms with Gasteiger partial charge in [0.05, 0.1) is 23.2 Å². The lowest BCUT2D eigenvalue weighted by Gasteiger charge is -2.42. The lowest BCUT2D eigenvalue weighted by molar-refractivity contribution is -0.143. The predicted molar refractivity (Wildman–Crippen MR) is 151 cm³/mol. The van der Waals surface area contributed by atoms with Gasteiger partial charge in [-0.1, -0.05) is 26.8 Å². The Morgan fingerprint density at radius 3 is 2.09 bits per heavy atom. The highest BCUT2D eigenvalue weighted by Crippen LogP contribution is 2.40. The van der Waals surface area contributed by atoms with Crippen molar-refractivity contribution in [2.24, 2.45) is 5.92 Å². The topological polar surface area (TPSA) is 52.7 Å². The maximum absolute atomic E-state index is 13.7. The molecule has 2 aromatic carbocycles. The third kappa shape index (κ3) is 9.86. The minimum absolute atomic E-state index is 0.0669. The van der Waals surface area contributed by atoms with Crippen LogP contribution in [0.4, 0.5) is 35.5 Å². The molecule has 0 saturated carbocycles. The monoisotopic (exact) mass is 619 g/mol. The molecule has 1 saturated heterocycles. The van der Waals surface area contributed by atoms with E-state index in [-0.39, 0.29) is 23.5 Å². The molecule has 2 aromatic rings. The van der Waals surface area contributed by atoms with Gasteiger partial charge >= 0.3 is 18.4 Å². The van der Waals surface area contributed by atoms with Gasteiger partial charge in [-0.25, -0.2) is 9.18 Å². The summed E-state index contributed by atoms with van der Waals surface area (Å²) in [4.78, 5) is 26.7. The summed E-state index contributed by atoms with van der Waals surface area (Å²) in [5, 5.41) is 2.74. The maximum atomic E-state index is 13.7. The number of urea groups is 1. The van der Waals surface area contributed by atoms with Crippen molar-refractivity contribution in [2.75, 3.05) is 20.1 Å². The van der Waals surface area contributed by atoms with Crippen molar-refractivity contribution in [3.63, 3.8) is 0 Å². The molecule has 1 aliphatic rings. The first-order valence-corrected chi connectivity index (χ1v) is 14.3. The standard InChI is InChI=1S/C25H27F7N2O.C6H13NO/c1-14-7-8-34(22(9-14)21-6-5-20(26)10-15(21)2)23(35)33(4)16(3)17-11-18(24(27,28)29)13-19(12-17)25(30,31)32;1-3-5-7-6(8)4-2/h5-6,10-14,16,22H,7-9H2,1-4H3;3-5H2,1-2H3,(H,7,8). The number of likely N-dealkylation sites (tertiary alicyclic amines) is 1. The smallest absolute Gasteiger partial charge is 0.356 e. The lowest BCUT2D eigenvalue weighted by Crippen LogP contribution is -2.47. The molecule has 0 spiro atoms. The van der Waals surface area contributed by atoms with Crippen molar-refractivity contribution in [3.8, 4) is 0 Å². The summed E-state index contributed by atoms with van der Waals surface area (Å²) in [6.07, 6.45) is -7.06. The van der Waals surface area contributed by atoms with Crippen LogP contribution in [-0.4, -0.2) is 41.9 Å². The normalized spacial score (nSPS) is 17.9. The molecule has 0 aromatic heterocycles. The van der Waals surface area contributed by atoms with E-state index < -0.39 is 47.4 Å². The van der Waals surface area contributed by atoms with Crippen LogP contribution in [0.3, 0.4) is 0 Å². The molecule has 3 atom stereocenters. The quantitative estimate of drug-likeness (QED) is 0.329. The molecule has 240 valence electrons. The van der Waals surface area contributed by atoms with E-state index in [0.717, 1.165) is 23.4 Å². The fraction of sp³-hybridized carbons (Fsp3) is 0.548. The highest BCUT2D eigenvalue weighted by atomic mass is 19.4. The Morgan fingerprint density at radius 2 is 1.60 bits per heavy atom. The summed E-state index contributed by atoms with van der Waals surface area (Å²) in [6, 6.07) is 3.64.